The van der Waals surface area contributed by atoms with Gasteiger partial charge in [0.1, 0.15) is 5.92 Å². The van der Waals surface area contributed by atoms with Crippen LogP contribution in [0.4, 0.5) is 0 Å². The van der Waals surface area contributed by atoms with E-state index in [9.17, 15) is 4.79 Å². The van der Waals surface area contributed by atoms with Gasteiger partial charge in [-0.2, -0.15) is 0 Å². The van der Waals surface area contributed by atoms with E-state index in [4.69, 9.17) is 4.52 Å². The van der Waals surface area contributed by atoms with E-state index in [-0.39, 0.29) is 17.8 Å². The first-order chi connectivity index (χ1) is 6.16. The lowest BCUT2D eigenvalue weighted by molar-refractivity contribution is -0.144. The first-order valence-electron chi connectivity index (χ1n) is 4.15. The predicted molar refractivity (Wildman–Crippen MR) is 46.1 cm³/mol. The van der Waals surface area contributed by atoms with Crippen LogP contribution < -0.4 is 0 Å². The number of carbonyl (C=O) groups is 1. The second kappa shape index (κ2) is 4.07. The van der Waals surface area contributed by atoms with Crippen molar-refractivity contribution in [1.82, 2.24) is 5.16 Å². The van der Waals surface area contributed by atoms with Crippen LogP contribution in [-0.4, -0.2) is 18.2 Å². The van der Waals surface area contributed by atoms with Gasteiger partial charge in [-0.25, -0.2) is 0 Å². The Morgan fingerprint density at radius 3 is 2.69 bits per heavy atom. The van der Waals surface area contributed by atoms with Gasteiger partial charge in [0.25, 0.3) is 0 Å². The van der Waals surface area contributed by atoms with Gasteiger partial charge >= 0.3 is 5.97 Å². The van der Waals surface area contributed by atoms with Gasteiger partial charge < -0.3 is 9.26 Å². The molecular formula is C9H13NO3. The van der Waals surface area contributed by atoms with Gasteiger partial charge in [-0.15, -0.1) is 0 Å². The van der Waals surface area contributed by atoms with Crippen LogP contribution >= 0.6 is 0 Å². The van der Waals surface area contributed by atoms with Gasteiger partial charge in [0.05, 0.1) is 13.3 Å². The van der Waals surface area contributed by atoms with Crippen LogP contribution in [0, 0.1) is 5.92 Å². The molecule has 0 saturated carbocycles. The number of esters is 1. The largest absolute Gasteiger partial charge is 0.468 e. The lowest BCUT2D eigenvalue weighted by atomic mass is 9.93. The molecule has 72 valence electrons. The van der Waals surface area contributed by atoms with Crippen LogP contribution in [0.25, 0.3) is 0 Å². The molecule has 1 aromatic heterocycles. The number of methoxy groups -OCH3 is 1. The monoisotopic (exact) mass is 183 g/mol. The molecule has 0 amide bonds. The summed E-state index contributed by atoms with van der Waals surface area (Å²) in [6, 6.07) is 1.68. The van der Waals surface area contributed by atoms with Gasteiger partial charge in [-0.05, 0) is 5.92 Å². The summed E-state index contributed by atoms with van der Waals surface area (Å²) < 4.78 is 9.60. The van der Waals surface area contributed by atoms with Crippen LogP contribution in [0.3, 0.4) is 0 Å². The second-order valence-electron chi connectivity index (χ2n) is 3.16. The average molecular weight is 183 g/mol. The van der Waals surface area contributed by atoms with Crippen molar-refractivity contribution in [3.8, 4) is 0 Å². The van der Waals surface area contributed by atoms with E-state index in [0.29, 0.717) is 5.76 Å². The molecule has 0 fully saturated rings. The van der Waals surface area contributed by atoms with Crippen molar-refractivity contribution in [2.45, 2.75) is 19.8 Å². The Labute approximate surface area is 76.9 Å². The lowest BCUT2D eigenvalue weighted by Crippen LogP contribution is -2.18. The molecule has 4 nitrogen and oxygen atoms in total. The molecule has 13 heavy (non-hydrogen) atoms. The van der Waals surface area contributed by atoms with Gasteiger partial charge in [0.2, 0.25) is 0 Å². The van der Waals surface area contributed by atoms with E-state index in [1.807, 2.05) is 13.8 Å². The average Bonchev–Trinajstić information content (AvgIpc) is 2.56. The molecule has 1 heterocycles. The fourth-order valence-electron chi connectivity index (χ4n) is 1.23. The number of aromatic nitrogens is 1. The number of hydrogen-bond acceptors (Lipinski definition) is 4. The molecule has 0 aliphatic rings. The number of rotatable bonds is 3. The third kappa shape index (κ3) is 2.08. The Bertz CT molecular complexity index is 266. The van der Waals surface area contributed by atoms with Crippen LogP contribution in [0.15, 0.2) is 16.8 Å². The summed E-state index contributed by atoms with van der Waals surface area (Å²) in [5.41, 5.74) is 0. The highest BCUT2D eigenvalue weighted by Gasteiger charge is 2.27. The van der Waals surface area contributed by atoms with Crippen LogP contribution in [0.2, 0.25) is 0 Å². The first kappa shape index (κ1) is 9.77. The molecule has 1 rings (SSSR count). The van der Waals surface area contributed by atoms with Gasteiger partial charge in [0.15, 0.2) is 5.76 Å². The van der Waals surface area contributed by atoms with Crippen molar-refractivity contribution < 1.29 is 14.1 Å². The maximum absolute atomic E-state index is 11.3. The van der Waals surface area contributed by atoms with E-state index in [0.717, 1.165) is 0 Å². The summed E-state index contributed by atoms with van der Waals surface area (Å²) >= 11 is 0. The Hall–Kier alpha value is -1.32. The predicted octanol–water partition coefficient (Wildman–Crippen LogP) is 1.59. The summed E-state index contributed by atoms with van der Waals surface area (Å²) in [5, 5.41) is 3.56. The highest BCUT2D eigenvalue weighted by atomic mass is 16.5. The topological polar surface area (TPSA) is 52.3 Å². The molecule has 1 aromatic rings. The third-order valence-corrected chi connectivity index (χ3v) is 1.89. The van der Waals surface area contributed by atoms with E-state index < -0.39 is 0 Å². The lowest BCUT2D eigenvalue weighted by Gasteiger charge is -2.14. The summed E-state index contributed by atoms with van der Waals surface area (Å²) in [6.45, 7) is 3.87. The van der Waals surface area contributed by atoms with Gasteiger partial charge in [-0.3, -0.25) is 4.79 Å². The molecule has 0 aliphatic carbocycles. The molecule has 0 bridgehead atoms. The number of ether oxygens (including phenoxy) is 1. The Balaban J connectivity index is 2.87. The fourth-order valence-corrected chi connectivity index (χ4v) is 1.23. The van der Waals surface area contributed by atoms with Crippen molar-refractivity contribution in [1.29, 1.82) is 0 Å². The third-order valence-electron chi connectivity index (χ3n) is 1.89. The molecule has 0 aliphatic heterocycles. The minimum Gasteiger partial charge on any atom is -0.468 e. The Morgan fingerprint density at radius 2 is 2.31 bits per heavy atom. The summed E-state index contributed by atoms with van der Waals surface area (Å²) in [4.78, 5) is 11.3. The highest BCUT2D eigenvalue weighted by molar-refractivity contribution is 5.77. The molecule has 1 atom stereocenters. The molecule has 0 N–H and O–H groups in total. The minimum atomic E-state index is -0.354. The summed E-state index contributed by atoms with van der Waals surface area (Å²) in [7, 11) is 1.37. The maximum atomic E-state index is 11.3. The van der Waals surface area contributed by atoms with E-state index in [2.05, 4.69) is 9.89 Å². The van der Waals surface area contributed by atoms with E-state index in [1.54, 1.807) is 6.07 Å². The molecule has 0 aromatic carbocycles. The zero-order valence-corrected chi connectivity index (χ0v) is 7.98. The smallest absolute Gasteiger partial charge is 0.316 e. The fraction of sp³-hybridized carbons (Fsp3) is 0.556. The van der Waals surface area contributed by atoms with Crippen molar-refractivity contribution in [2.75, 3.05) is 7.11 Å². The molecule has 1 unspecified atom stereocenters. The molecule has 0 radical (unpaired) electrons. The Morgan fingerprint density at radius 1 is 1.62 bits per heavy atom. The first-order valence-corrected chi connectivity index (χ1v) is 4.15. The summed E-state index contributed by atoms with van der Waals surface area (Å²) in [6.07, 6.45) is 1.52. The number of hydrogen-bond donors (Lipinski definition) is 0. The number of carbonyl (C=O) groups excluding carboxylic acids is 1. The molecular weight excluding hydrogens is 170 g/mol. The normalized spacial score (nSPS) is 12.9. The summed E-state index contributed by atoms with van der Waals surface area (Å²) in [5.74, 6) is 0.0569. The van der Waals surface area contributed by atoms with E-state index >= 15 is 0 Å². The van der Waals surface area contributed by atoms with Crippen molar-refractivity contribution in [3.05, 3.63) is 18.0 Å². The van der Waals surface area contributed by atoms with Crippen LogP contribution in [0.5, 0.6) is 0 Å². The second-order valence-corrected chi connectivity index (χ2v) is 3.16. The van der Waals surface area contributed by atoms with E-state index in [1.165, 1.54) is 13.3 Å². The quantitative estimate of drug-likeness (QED) is 0.668. The van der Waals surface area contributed by atoms with Gasteiger partial charge in [0, 0.05) is 6.07 Å². The standard InChI is InChI=1S/C9H13NO3/c1-6(2)8(9(11)12-3)7-4-5-10-13-7/h4-6,8H,1-3H3. The zero-order valence-electron chi connectivity index (χ0n) is 7.98. The van der Waals surface area contributed by atoms with Crippen LogP contribution in [0.1, 0.15) is 25.5 Å². The minimum absolute atomic E-state index is 0.139. The number of nitrogens with zero attached hydrogens (tertiary/aromatic N) is 1. The SMILES string of the molecule is COC(=O)C(c1ccno1)C(C)C. The highest BCUT2D eigenvalue weighted by Crippen LogP contribution is 2.24. The zero-order chi connectivity index (χ0) is 9.84. The maximum Gasteiger partial charge on any atom is 0.316 e. The van der Waals surface area contributed by atoms with Crippen molar-refractivity contribution in [3.63, 3.8) is 0 Å². The van der Waals surface area contributed by atoms with Gasteiger partial charge in [-0.1, -0.05) is 19.0 Å². The molecule has 0 spiro atoms. The van der Waals surface area contributed by atoms with Crippen molar-refractivity contribution >= 4 is 5.97 Å². The molecule has 0 saturated heterocycles. The molecule has 4 heteroatoms. The van der Waals surface area contributed by atoms with Crippen molar-refractivity contribution in [2.24, 2.45) is 5.92 Å². The van der Waals surface area contributed by atoms with Crippen LogP contribution in [-0.2, 0) is 9.53 Å². The Kier molecular flexibility index (Phi) is 3.06.